The lowest BCUT2D eigenvalue weighted by Crippen LogP contribution is -2.44. The van der Waals surface area contributed by atoms with Gasteiger partial charge in [-0.3, -0.25) is 9.20 Å². The molecule has 7 nitrogen and oxygen atoms in total. The number of nitrogens with zero attached hydrogens (tertiary/aromatic N) is 3. The molecule has 1 saturated heterocycles. The summed E-state index contributed by atoms with van der Waals surface area (Å²) in [5.41, 5.74) is 8.93. The maximum absolute atomic E-state index is 12.7. The van der Waals surface area contributed by atoms with Gasteiger partial charge >= 0.3 is 5.69 Å². The summed E-state index contributed by atoms with van der Waals surface area (Å²) < 4.78 is 2.27. The molecule has 2 aromatic rings. The first-order valence-corrected chi connectivity index (χ1v) is 9.70. The van der Waals surface area contributed by atoms with Crippen LogP contribution in [0.5, 0.6) is 0 Å². The van der Waals surface area contributed by atoms with Crippen LogP contribution in [0, 0.1) is 18.3 Å². The van der Waals surface area contributed by atoms with E-state index in [0.29, 0.717) is 11.5 Å². The molecule has 27 heavy (non-hydrogen) atoms. The Morgan fingerprint density at radius 3 is 2.48 bits per heavy atom. The Labute approximate surface area is 158 Å². The molecule has 3 heterocycles. The molecular formula is C20H29N5O2. The largest absolute Gasteiger partial charge is 0.370 e. The highest BCUT2D eigenvalue weighted by molar-refractivity contribution is 5.72. The maximum atomic E-state index is 12.7. The average Bonchev–Trinajstić information content (AvgIpc) is 3.36. The van der Waals surface area contributed by atoms with Crippen LogP contribution in [0.15, 0.2) is 21.9 Å². The zero-order valence-electron chi connectivity index (χ0n) is 16.5. The van der Waals surface area contributed by atoms with Crippen molar-refractivity contribution in [2.45, 2.75) is 52.5 Å². The first-order valence-electron chi connectivity index (χ1n) is 9.70. The predicted octanol–water partition coefficient (Wildman–Crippen LogP) is 1.17. The van der Waals surface area contributed by atoms with Crippen LogP contribution < -0.4 is 27.7 Å². The Balaban J connectivity index is 1.91. The molecule has 4 N–H and O–H groups in total. The third kappa shape index (κ3) is 2.67. The molecule has 0 bridgehead atoms. The van der Waals surface area contributed by atoms with Crippen LogP contribution in [0.1, 0.15) is 50.7 Å². The third-order valence-corrected chi connectivity index (χ3v) is 6.46. The van der Waals surface area contributed by atoms with E-state index < -0.39 is 5.69 Å². The molecule has 0 radical (unpaired) electrons. The number of nitrogens with two attached hydrogens (primary N) is 2. The van der Waals surface area contributed by atoms with E-state index in [2.05, 4.69) is 25.7 Å². The van der Waals surface area contributed by atoms with Crippen molar-refractivity contribution in [3.8, 4) is 0 Å². The second kappa shape index (κ2) is 5.86. The average molecular weight is 371 g/mol. The summed E-state index contributed by atoms with van der Waals surface area (Å²) >= 11 is 0. The molecule has 7 heteroatoms. The molecule has 2 aromatic heterocycles. The van der Waals surface area contributed by atoms with Crippen molar-refractivity contribution in [3.63, 3.8) is 0 Å². The summed E-state index contributed by atoms with van der Waals surface area (Å²) in [5.74, 6) is 6.34. The molecule has 0 spiro atoms. The van der Waals surface area contributed by atoms with Crippen LogP contribution in [0.25, 0.3) is 5.52 Å². The number of pyridine rings is 1. The van der Waals surface area contributed by atoms with Gasteiger partial charge in [0, 0.05) is 36.6 Å². The Morgan fingerprint density at radius 1 is 1.26 bits per heavy atom. The van der Waals surface area contributed by atoms with Crippen molar-refractivity contribution in [1.29, 1.82) is 0 Å². The van der Waals surface area contributed by atoms with Gasteiger partial charge in [-0.05, 0) is 55.6 Å². The molecule has 2 unspecified atom stereocenters. The van der Waals surface area contributed by atoms with Crippen molar-refractivity contribution < 1.29 is 0 Å². The van der Waals surface area contributed by atoms with E-state index in [1.807, 2.05) is 13.0 Å². The Bertz CT molecular complexity index is 1030. The summed E-state index contributed by atoms with van der Waals surface area (Å²) in [4.78, 5) is 27.6. The SMILES string of the molecule is Cc1c(N2CC(C(C)N)C(C)(C)C2)ccn2c(=O)n(N)c(=O)c(C3CC3)c12. The fourth-order valence-electron chi connectivity index (χ4n) is 4.87. The molecule has 4 rings (SSSR count). The van der Waals surface area contributed by atoms with Crippen LogP contribution >= 0.6 is 0 Å². The van der Waals surface area contributed by atoms with E-state index in [-0.39, 0.29) is 22.9 Å². The number of aromatic nitrogens is 2. The number of rotatable bonds is 3. The van der Waals surface area contributed by atoms with Crippen LogP contribution in [0.2, 0.25) is 0 Å². The zero-order valence-corrected chi connectivity index (χ0v) is 16.5. The molecule has 146 valence electrons. The van der Waals surface area contributed by atoms with Crippen LogP contribution in [0.4, 0.5) is 5.69 Å². The van der Waals surface area contributed by atoms with Crippen LogP contribution in [-0.4, -0.2) is 28.2 Å². The van der Waals surface area contributed by atoms with E-state index in [0.717, 1.165) is 47.4 Å². The van der Waals surface area contributed by atoms with Gasteiger partial charge < -0.3 is 16.5 Å². The molecule has 2 aliphatic rings. The van der Waals surface area contributed by atoms with Gasteiger partial charge in [-0.1, -0.05) is 13.8 Å². The monoisotopic (exact) mass is 371 g/mol. The molecule has 0 aromatic carbocycles. The van der Waals surface area contributed by atoms with Crippen LogP contribution in [0.3, 0.4) is 0 Å². The molecule has 1 aliphatic carbocycles. The minimum atomic E-state index is -0.496. The lowest BCUT2D eigenvalue weighted by Gasteiger charge is -2.28. The number of hydrogen-bond acceptors (Lipinski definition) is 5. The molecule has 1 saturated carbocycles. The molecular weight excluding hydrogens is 342 g/mol. The quantitative estimate of drug-likeness (QED) is 0.789. The molecule has 2 atom stereocenters. The minimum absolute atomic E-state index is 0.104. The highest BCUT2D eigenvalue weighted by Crippen LogP contribution is 2.43. The number of fused-ring (bicyclic) bond motifs is 1. The molecule has 0 amide bonds. The highest BCUT2D eigenvalue weighted by atomic mass is 16.2. The maximum Gasteiger partial charge on any atom is 0.354 e. The third-order valence-electron chi connectivity index (χ3n) is 6.46. The second-order valence-corrected chi connectivity index (χ2v) is 9.02. The van der Waals surface area contributed by atoms with Crippen LogP contribution in [-0.2, 0) is 0 Å². The van der Waals surface area contributed by atoms with E-state index in [1.54, 1.807) is 6.20 Å². The van der Waals surface area contributed by atoms with Gasteiger partial charge in [0.2, 0.25) is 0 Å². The van der Waals surface area contributed by atoms with E-state index in [9.17, 15) is 9.59 Å². The van der Waals surface area contributed by atoms with E-state index >= 15 is 0 Å². The lowest BCUT2D eigenvalue weighted by atomic mass is 9.78. The first kappa shape index (κ1) is 18.1. The normalized spacial score (nSPS) is 23.1. The fraction of sp³-hybridized carbons (Fsp3) is 0.600. The summed E-state index contributed by atoms with van der Waals surface area (Å²) in [5, 5.41) is 0. The van der Waals surface area contributed by atoms with E-state index in [4.69, 9.17) is 11.6 Å². The predicted molar refractivity (Wildman–Crippen MR) is 108 cm³/mol. The smallest absolute Gasteiger partial charge is 0.354 e. The zero-order chi connectivity index (χ0) is 19.7. The Kier molecular flexibility index (Phi) is 3.93. The van der Waals surface area contributed by atoms with Gasteiger partial charge in [-0.15, -0.1) is 0 Å². The van der Waals surface area contributed by atoms with Gasteiger partial charge in [0.25, 0.3) is 5.56 Å². The Hall–Kier alpha value is -2.28. The first-order chi connectivity index (χ1) is 12.6. The van der Waals surface area contributed by atoms with Crippen molar-refractivity contribution in [3.05, 3.63) is 44.2 Å². The highest BCUT2D eigenvalue weighted by Gasteiger charge is 2.42. The van der Waals surface area contributed by atoms with Gasteiger partial charge in [0.05, 0.1) is 5.52 Å². The van der Waals surface area contributed by atoms with E-state index in [1.165, 1.54) is 4.40 Å². The summed E-state index contributed by atoms with van der Waals surface area (Å²) in [7, 11) is 0. The van der Waals surface area contributed by atoms with Crippen molar-refractivity contribution >= 4 is 11.2 Å². The summed E-state index contributed by atoms with van der Waals surface area (Å²) in [6.07, 6.45) is 3.69. The second-order valence-electron chi connectivity index (χ2n) is 9.02. The minimum Gasteiger partial charge on any atom is -0.370 e. The number of hydrogen-bond donors (Lipinski definition) is 2. The van der Waals surface area contributed by atoms with Gasteiger partial charge in [0.15, 0.2) is 0 Å². The van der Waals surface area contributed by atoms with Gasteiger partial charge in [-0.2, -0.15) is 4.68 Å². The lowest BCUT2D eigenvalue weighted by molar-refractivity contribution is 0.256. The number of nitrogen functional groups attached to an aromatic ring is 1. The number of anilines is 1. The topological polar surface area (TPSA) is 98.8 Å². The molecule has 1 aliphatic heterocycles. The summed E-state index contributed by atoms with van der Waals surface area (Å²) in [6.45, 7) is 10.3. The number of aryl methyl sites for hydroxylation is 1. The Morgan fingerprint density at radius 2 is 1.93 bits per heavy atom. The van der Waals surface area contributed by atoms with Crippen molar-refractivity contribution in [1.82, 2.24) is 9.08 Å². The van der Waals surface area contributed by atoms with Gasteiger partial charge in [-0.25, -0.2) is 4.79 Å². The van der Waals surface area contributed by atoms with Gasteiger partial charge in [0.1, 0.15) is 0 Å². The molecule has 2 fully saturated rings. The summed E-state index contributed by atoms with van der Waals surface area (Å²) in [6, 6.07) is 2.07. The standard InChI is InChI=1S/C20H29N5O2/c1-11-15(23-9-14(12(2)21)20(3,4)10-23)7-8-24-17(11)16(13-5-6-13)18(26)25(22)19(24)27/h7-8,12-14H,5-6,9-10,21-22H2,1-4H3. The fourth-order valence-corrected chi connectivity index (χ4v) is 4.87. The van der Waals surface area contributed by atoms with Crippen molar-refractivity contribution in [2.24, 2.45) is 17.1 Å². The van der Waals surface area contributed by atoms with Crippen molar-refractivity contribution in [2.75, 3.05) is 23.8 Å².